The predicted molar refractivity (Wildman–Crippen MR) is 102 cm³/mol. The molecule has 0 fully saturated rings. The fourth-order valence-corrected chi connectivity index (χ4v) is 3.62. The van der Waals surface area contributed by atoms with Crippen LogP contribution in [0, 0.1) is 11.3 Å². The normalized spacial score (nSPS) is 15.6. The zero-order valence-corrected chi connectivity index (χ0v) is 14.3. The van der Waals surface area contributed by atoms with Gasteiger partial charge in [-0.1, -0.05) is 66.7 Å². The Morgan fingerprint density at radius 1 is 0.885 bits per heavy atom. The fourth-order valence-electron chi connectivity index (χ4n) is 3.62. The zero-order valence-electron chi connectivity index (χ0n) is 14.3. The van der Waals surface area contributed by atoms with Crippen LogP contribution in [0.1, 0.15) is 28.2 Å². The number of benzene rings is 3. The number of carbonyl (C=O) groups excluding carboxylic acids is 1. The molecule has 0 bridgehead atoms. The van der Waals surface area contributed by atoms with Crippen LogP contribution in [0.3, 0.4) is 0 Å². The van der Waals surface area contributed by atoms with Gasteiger partial charge in [0.05, 0.1) is 24.1 Å². The highest BCUT2D eigenvalue weighted by atomic mass is 16.2. The van der Waals surface area contributed by atoms with Crippen molar-refractivity contribution in [3.8, 4) is 6.07 Å². The van der Waals surface area contributed by atoms with Gasteiger partial charge in [-0.2, -0.15) is 5.26 Å². The van der Waals surface area contributed by atoms with Gasteiger partial charge in [-0.15, -0.1) is 0 Å². The summed E-state index contributed by atoms with van der Waals surface area (Å²) in [5, 5.41) is 9.35. The highest BCUT2D eigenvalue weighted by Gasteiger charge is 2.37. The molecule has 3 aromatic rings. The third kappa shape index (κ3) is 2.87. The monoisotopic (exact) mass is 338 g/mol. The Morgan fingerprint density at radius 3 is 2.38 bits per heavy atom. The van der Waals surface area contributed by atoms with Crippen molar-refractivity contribution in [1.29, 1.82) is 5.26 Å². The Kier molecular flexibility index (Phi) is 4.25. The summed E-state index contributed by atoms with van der Waals surface area (Å²) in [4.78, 5) is 15.0. The first kappa shape index (κ1) is 16.1. The van der Waals surface area contributed by atoms with Gasteiger partial charge in [-0.05, 0) is 35.2 Å². The molecule has 4 rings (SSSR count). The lowest BCUT2D eigenvalue weighted by atomic mass is 9.93. The van der Waals surface area contributed by atoms with Crippen LogP contribution in [0.5, 0.6) is 0 Å². The van der Waals surface area contributed by atoms with E-state index in [-0.39, 0.29) is 11.8 Å². The Hall–Kier alpha value is -3.38. The molecule has 1 unspecified atom stereocenters. The second kappa shape index (κ2) is 6.85. The number of fused-ring (bicyclic) bond motifs is 1. The van der Waals surface area contributed by atoms with Crippen LogP contribution in [-0.4, -0.2) is 5.91 Å². The molecule has 1 atom stereocenters. The number of amides is 1. The van der Waals surface area contributed by atoms with Crippen molar-refractivity contribution in [3.05, 3.63) is 101 Å². The number of nitrogens with zero attached hydrogens (tertiary/aromatic N) is 2. The van der Waals surface area contributed by atoms with Crippen LogP contribution in [0.15, 0.2) is 78.9 Å². The molecule has 0 radical (unpaired) electrons. The molecular weight excluding hydrogens is 320 g/mol. The second-order valence-corrected chi connectivity index (χ2v) is 6.49. The third-order valence-corrected chi connectivity index (χ3v) is 4.92. The molecule has 1 heterocycles. The van der Waals surface area contributed by atoms with Crippen LogP contribution < -0.4 is 4.90 Å². The largest absolute Gasteiger partial charge is 0.307 e. The van der Waals surface area contributed by atoms with Crippen molar-refractivity contribution in [1.82, 2.24) is 0 Å². The number of nitriles is 1. The Morgan fingerprint density at radius 2 is 1.58 bits per heavy atom. The van der Waals surface area contributed by atoms with E-state index >= 15 is 0 Å². The molecule has 26 heavy (non-hydrogen) atoms. The van der Waals surface area contributed by atoms with Gasteiger partial charge in [0.1, 0.15) is 0 Å². The molecule has 3 heteroatoms. The summed E-state index contributed by atoms with van der Waals surface area (Å²) in [5.74, 6) is -0.0781. The molecule has 126 valence electrons. The summed E-state index contributed by atoms with van der Waals surface area (Å²) >= 11 is 0. The minimum Gasteiger partial charge on any atom is -0.307 e. The highest BCUT2D eigenvalue weighted by Crippen LogP contribution is 2.40. The van der Waals surface area contributed by atoms with E-state index in [9.17, 15) is 10.1 Å². The first-order valence-corrected chi connectivity index (χ1v) is 8.70. The number of carbonyl (C=O) groups is 1. The van der Waals surface area contributed by atoms with E-state index in [1.54, 1.807) is 6.07 Å². The van der Waals surface area contributed by atoms with Crippen molar-refractivity contribution in [3.63, 3.8) is 0 Å². The predicted octanol–water partition coefficient (Wildman–Crippen LogP) is 4.43. The number of anilines is 1. The molecule has 0 saturated heterocycles. The summed E-state index contributed by atoms with van der Waals surface area (Å²) in [6, 6.07) is 27.8. The zero-order chi connectivity index (χ0) is 17.9. The summed E-state index contributed by atoms with van der Waals surface area (Å²) in [6.45, 7) is 0.421. The summed E-state index contributed by atoms with van der Waals surface area (Å²) in [5.41, 5.74) is 4.66. The van der Waals surface area contributed by atoms with Gasteiger partial charge in [0.25, 0.3) is 0 Å². The molecule has 3 aromatic carbocycles. The summed E-state index contributed by atoms with van der Waals surface area (Å²) < 4.78 is 0. The first-order valence-electron chi connectivity index (χ1n) is 8.70. The van der Waals surface area contributed by atoms with Gasteiger partial charge < -0.3 is 4.90 Å². The van der Waals surface area contributed by atoms with E-state index in [0.29, 0.717) is 18.5 Å². The fraction of sp³-hybridized carbons (Fsp3) is 0.130. The molecule has 0 aliphatic carbocycles. The minimum atomic E-state index is -0.178. The maximum Gasteiger partial charge on any atom is 0.235 e. The lowest BCUT2D eigenvalue weighted by Crippen LogP contribution is -2.29. The molecule has 0 spiro atoms. The lowest BCUT2D eigenvalue weighted by Gasteiger charge is -2.19. The molecule has 3 nitrogen and oxygen atoms in total. The van der Waals surface area contributed by atoms with Crippen molar-refractivity contribution >= 4 is 11.6 Å². The average molecular weight is 338 g/mol. The Bertz CT molecular complexity index is 988. The summed E-state index contributed by atoms with van der Waals surface area (Å²) in [7, 11) is 0. The third-order valence-electron chi connectivity index (χ3n) is 4.92. The first-order chi connectivity index (χ1) is 12.8. The van der Waals surface area contributed by atoms with E-state index in [1.165, 1.54) is 0 Å². The molecule has 0 saturated carbocycles. The SMILES string of the molecule is N#Cc1ccccc1CN1C(=O)C(Cc2ccccc2)c2ccccc21. The van der Waals surface area contributed by atoms with Crippen molar-refractivity contribution in [2.75, 3.05) is 4.90 Å². The standard InChI is InChI=1S/C23H18N2O/c24-15-18-10-4-5-11-19(18)16-25-22-13-7-6-12-20(22)21(23(25)26)14-17-8-2-1-3-9-17/h1-13,21H,14,16H2. The molecule has 1 aliphatic heterocycles. The Labute approximate surface area is 153 Å². The van der Waals surface area contributed by atoms with Crippen LogP contribution in [-0.2, 0) is 17.8 Å². The van der Waals surface area contributed by atoms with Gasteiger partial charge in [0.2, 0.25) is 5.91 Å². The van der Waals surface area contributed by atoms with Crippen LogP contribution in [0.25, 0.3) is 0 Å². The van der Waals surface area contributed by atoms with E-state index in [0.717, 1.165) is 22.4 Å². The second-order valence-electron chi connectivity index (χ2n) is 6.49. The maximum absolute atomic E-state index is 13.2. The number of hydrogen-bond donors (Lipinski definition) is 0. The van der Waals surface area contributed by atoms with Gasteiger partial charge >= 0.3 is 0 Å². The van der Waals surface area contributed by atoms with E-state index < -0.39 is 0 Å². The molecular formula is C23H18N2O. The lowest BCUT2D eigenvalue weighted by molar-refractivity contribution is -0.119. The molecule has 1 aliphatic rings. The van der Waals surface area contributed by atoms with Gasteiger partial charge in [0, 0.05) is 5.69 Å². The number of hydrogen-bond acceptors (Lipinski definition) is 2. The quantitative estimate of drug-likeness (QED) is 0.706. The van der Waals surface area contributed by atoms with E-state index in [4.69, 9.17) is 0 Å². The van der Waals surface area contributed by atoms with Crippen molar-refractivity contribution < 1.29 is 4.79 Å². The molecule has 0 aromatic heterocycles. The van der Waals surface area contributed by atoms with Gasteiger partial charge in [-0.3, -0.25) is 4.79 Å². The smallest absolute Gasteiger partial charge is 0.235 e. The Balaban J connectivity index is 1.69. The molecule has 1 amide bonds. The van der Waals surface area contributed by atoms with Crippen molar-refractivity contribution in [2.24, 2.45) is 0 Å². The highest BCUT2D eigenvalue weighted by molar-refractivity contribution is 6.05. The van der Waals surface area contributed by atoms with Gasteiger partial charge in [0.15, 0.2) is 0 Å². The number of rotatable bonds is 4. The van der Waals surface area contributed by atoms with Crippen LogP contribution in [0.4, 0.5) is 5.69 Å². The molecule has 0 N–H and O–H groups in total. The van der Waals surface area contributed by atoms with E-state index in [2.05, 4.69) is 18.2 Å². The minimum absolute atomic E-state index is 0.0998. The topological polar surface area (TPSA) is 44.1 Å². The maximum atomic E-state index is 13.2. The van der Waals surface area contributed by atoms with Gasteiger partial charge in [-0.25, -0.2) is 0 Å². The van der Waals surface area contributed by atoms with Crippen LogP contribution in [0.2, 0.25) is 0 Å². The van der Waals surface area contributed by atoms with Crippen molar-refractivity contribution in [2.45, 2.75) is 18.9 Å². The average Bonchev–Trinajstić information content (AvgIpc) is 2.95. The van der Waals surface area contributed by atoms with E-state index in [1.807, 2.05) is 65.6 Å². The van der Waals surface area contributed by atoms with Crippen LogP contribution >= 0.6 is 0 Å². The summed E-state index contributed by atoms with van der Waals surface area (Å²) in [6.07, 6.45) is 0.688. The number of para-hydroxylation sites is 1.